The molecule has 0 bridgehead atoms. The summed E-state index contributed by atoms with van der Waals surface area (Å²) in [5.74, 6) is 0.640. The average molecular weight is 218 g/mol. The summed E-state index contributed by atoms with van der Waals surface area (Å²) in [5.41, 5.74) is 1.95. The Morgan fingerprint density at radius 3 is 2.44 bits per heavy atom. The molecule has 1 rings (SSSR count). The summed E-state index contributed by atoms with van der Waals surface area (Å²) in [6.07, 6.45) is 0.630. The molecule has 0 radical (unpaired) electrons. The Morgan fingerprint density at radius 2 is 1.94 bits per heavy atom. The first kappa shape index (κ1) is 12.5. The maximum atomic E-state index is 9.09. The zero-order chi connectivity index (χ0) is 12.0. The Morgan fingerprint density at radius 1 is 1.31 bits per heavy atom. The van der Waals surface area contributed by atoms with Crippen molar-refractivity contribution >= 4 is 0 Å². The number of rotatable bonds is 6. The highest BCUT2D eigenvalue weighted by Crippen LogP contribution is 2.30. The van der Waals surface area contributed by atoms with E-state index in [1.54, 1.807) is 7.11 Å². The molecule has 0 amide bonds. The van der Waals surface area contributed by atoms with Crippen LogP contribution in [0.25, 0.3) is 0 Å². The van der Waals surface area contributed by atoms with Crippen molar-refractivity contribution in [2.24, 2.45) is 0 Å². The van der Waals surface area contributed by atoms with Crippen molar-refractivity contribution in [3.05, 3.63) is 60.4 Å². The van der Waals surface area contributed by atoms with Crippen LogP contribution in [0.5, 0.6) is 0 Å². The van der Waals surface area contributed by atoms with Gasteiger partial charge in [-0.05, 0) is 17.6 Å². The Labute approximate surface area is 96.9 Å². The summed E-state index contributed by atoms with van der Waals surface area (Å²) in [6, 6.07) is 9.96. The molecule has 86 valence electrons. The first-order chi connectivity index (χ1) is 7.70. The fourth-order valence-corrected chi connectivity index (χ4v) is 1.68. The standard InChI is InChI=1S/C14H18O2/c1-11(12(2)16-3)14(9-10-15)13-7-5-4-6-8-13/h4-8,14-15H,1-2,9-10H2,3H3. The van der Waals surface area contributed by atoms with Crippen LogP contribution in [0.1, 0.15) is 17.9 Å². The highest BCUT2D eigenvalue weighted by atomic mass is 16.5. The number of benzene rings is 1. The van der Waals surface area contributed by atoms with Gasteiger partial charge in [0.25, 0.3) is 0 Å². The van der Waals surface area contributed by atoms with Crippen molar-refractivity contribution in [3.63, 3.8) is 0 Å². The summed E-state index contributed by atoms with van der Waals surface area (Å²) < 4.78 is 5.09. The smallest absolute Gasteiger partial charge is 0.114 e. The molecule has 1 N–H and O–H groups in total. The average Bonchev–Trinajstić information content (AvgIpc) is 2.35. The van der Waals surface area contributed by atoms with E-state index >= 15 is 0 Å². The second kappa shape index (κ2) is 6.13. The van der Waals surface area contributed by atoms with Gasteiger partial charge in [-0.25, -0.2) is 0 Å². The lowest BCUT2D eigenvalue weighted by Gasteiger charge is -2.20. The van der Waals surface area contributed by atoms with Crippen LogP contribution in [-0.2, 0) is 4.74 Å². The first-order valence-electron chi connectivity index (χ1n) is 5.28. The monoisotopic (exact) mass is 218 g/mol. The van der Waals surface area contributed by atoms with E-state index in [4.69, 9.17) is 9.84 Å². The normalized spacial score (nSPS) is 11.9. The van der Waals surface area contributed by atoms with Crippen LogP contribution in [0.4, 0.5) is 0 Å². The van der Waals surface area contributed by atoms with Gasteiger partial charge in [-0.15, -0.1) is 0 Å². The number of aliphatic hydroxyl groups is 1. The molecule has 1 aromatic rings. The fraction of sp³-hybridized carbons (Fsp3) is 0.286. The SMILES string of the molecule is C=C(OC)C(=C)C(CCO)c1ccccc1. The van der Waals surface area contributed by atoms with Crippen LogP contribution in [0.2, 0.25) is 0 Å². The van der Waals surface area contributed by atoms with Crippen LogP contribution < -0.4 is 0 Å². The van der Waals surface area contributed by atoms with Gasteiger partial charge in [-0.1, -0.05) is 43.5 Å². The molecule has 2 nitrogen and oxygen atoms in total. The van der Waals surface area contributed by atoms with Gasteiger partial charge in [0, 0.05) is 12.5 Å². The van der Waals surface area contributed by atoms with E-state index in [-0.39, 0.29) is 12.5 Å². The molecule has 0 aliphatic heterocycles. The molecule has 0 aliphatic rings. The van der Waals surface area contributed by atoms with Gasteiger partial charge in [0.15, 0.2) is 0 Å². The largest absolute Gasteiger partial charge is 0.497 e. The van der Waals surface area contributed by atoms with Crippen LogP contribution >= 0.6 is 0 Å². The number of aliphatic hydroxyl groups excluding tert-OH is 1. The van der Waals surface area contributed by atoms with Gasteiger partial charge in [0.05, 0.1) is 7.11 Å². The minimum atomic E-state index is 0.0682. The van der Waals surface area contributed by atoms with Crippen LogP contribution in [0, 0.1) is 0 Å². The molecule has 1 aromatic carbocycles. The van der Waals surface area contributed by atoms with Gasteiger partial charge >= 0.3 is 0 Å². The summed E-state index contributed by atoms with van der Waals surface area (Å²) in [5, 5.41) is 9.09. The predicted molar refractivity (Wildman–Crippen MR) is 66.2 cm³/mol. The zero-order valence-electron chi connectivity index (χ0n) is 9.65. The maximum Gasteiger partial charge on any atom is 0.114 e. The molecule has 0 aromatic heterocycles. The van der Waals surface area contributed by atoms with Crippen LogP contribution in [0.15, 0.2) is 54.8 Å². The third-order valence-electron chi connectivity index (χ3n) is 2.64. The molecule has 0 fully saturated rings. The maximum absolute atomic E-state index is 9.09. The molecule has 1 atom stereocenters. The van der Waals surface area contributed by atoms with E-state index in [1.807, 2.05) is 30.3 Å². The Kier molecular flexibility index (Phi) is 4.80. The lowest BCUT2D eigenvalue weighted by Crippen LogP contribution is -2.07. The Balaban J connectivity index is 2.91. The topological polar surface area (TPSA) is 29.5 Å². The quantitative estimate of drug-likeness (QED) is 0.587. The molecule has 16 heavy (non-hydrogen) atoms. The minimum Gasteiger partial charge on any atom is -0.497 e. The third-order valence-corrected chi connectivity index (χ3v) is 2.64. The molecule has 0 aliphatic carbocycles. The van der Waals surface area contributed by atoms with Gasteiger partial charge in [-0.2, -0.15) is 0 Å². The van der Waals surface area contributed by atoms with E-state index < -0.39 is 0 Å². The Hall–Kier alpha value is -1.54. The van der Waals surface area contributed by atoms with Gasteiger partial charge in [0.1, 0.15) is 5.76 Å². The minimum absolute atomic E-state index is 0.0682. The van der Waals surface area contributed by atoms with E-state index in [1.165, 1.54) is 0 Å². The molecular formula is C14H18O2. The van der Waals surface area contributed by atoms with Gasteiger partial charge in [0.2, 0.25) is 0 Å². The summed E-state index contributed by atoms with van der Waals surface area (Å²) in [4.78, 5) is 0. The van der Waals surface area contributed by atoms with E-state index in [0.717, 1.165) is 11.1 Å². The van der Waals surface area contributed by atoms with E-state index in [0.29, 0.717) is 12.2 Å². The molecule has 1 unspecified atom stereocenters. The van der Waals surface area contributed by atoms with Crippen LogP contribution in [0.3, 0.4) is 0 Å². The van der Waals surface area contributed by atoms with Crippen molar-refractivity contribution in [2.45, 2.75) is 12.3 Å². The number of allylic oxidation sites excluding steroid dienone is 1. The van der Waals surface area contributed by atoms with Crippen LogP contribution in [-0.4, -0.2) is 18.8 Å². The molecule has 0 saturated carbocycles. The molecular weight excluding hydrogens is 200 g/mol. The lowest BCUT2D eigenvalue weighted by atomic mass is 9.88. The van der Waals surface area contributed by atoms with Crippen molar-refractivity contribution in [1.82, 2.24) is 0 Å². The highest BCUT2D eigenvalue weighted by molar-refractivity contribution is 5.35. The fourth-order valence-electron chi connectivity index (χ4n) is 1.68. The van der Waals surface area contributed by atoms with Crippen molar-refractivity contribution < 1.29 is 9.84 Å². The second-order valence-electron chi connectivity index (χ2n) is 3.63. The number of methoxy groups -OCH3 is 1. The molecule has 0 heterocycles. The number of hydrogen-bond donors (Lipinski definition) is 1. The first-order valence-corrected chi connectivity index (χ1v) is 5.28. The zero-order valence-corrected chi connectivity index (χ0v) is 9.65. The lowest BCUT2D eigenvalue weighted by molar-refractivity contribution is 0.271. The molecule has 0 saturated heterocycles. The van der Waals surface area contributed by atoms with E-state index in [9.17, 15) is 0 Å². The van der Waals surface area contributed by atoms with Gasteiger partial charge < -0.3 is 9.84 Å². The summed E-state index contributed by atoms with van der Waals surface area (Å²) in [7, 11) is 1.58. The summed E-state index contributed by atoms with van der Waals surface area (Å²) >= 11 is 0. The second-order valence-corrected chi connectivity index (χ2v) is 3.63. The third kappa shape index (κ3) is 2.97. The number of hydrogen-bond acceptors (Lipinski definition) is 2. The number of ether oxygens (including phenoxy) is 1. The van der Waals surface area contributed by atoms with E-state index in [2.05, 4.69) is 13.2 Å². The van der Waals surface area contributed by atoms with Crippen molar-refractivity contribution in [2.75, 3.05) is 13.7 Å². The highest BCUT2D eigenvalue weighted by Gasteiger charge is 2.16. The molecule has 0 spiro atoms. The van der Waals surface area contributed by atoms with Crippen molar-refractivity contribution in [3.8, 4) is 0 Å². The van der Waals surface area contributed by atoms with Crippen molar-refractivity contribution in [1.29, 1.82) is 0 Å². The molecule has 2 heteroatoms. The Bertz CT molecular complexity index is 354. The summed E-state index contributed by atoms with van der Waals surface area (Å²) in [6.45, 7) is 7.90. The predicted octanol–water partition coefficient (Wildman–Crippen LogP) is 2.87. The van der Waals surface area contributed by atoms with Gasteiger partial charge in [-0.3, -0.25) is 0 Å².